The van der Waals surface area contributed by atoms with Crippen molar-refractivity contribution in [3.05, 3.63) is 41.7 Å². The predicted octanol–water partition coefficient (Wildman–Crippen LogP) is 0.933. The molecule has 0 amide bonds. The minimum atomic E-state index is -4.00. The third-order valence-corrected chi connectivity index (χ3v) is 11.8. The van der Waals surface area contributed by atoms with Gasteiger partial charge in [-0.15, -0.1) is 0 Å². The lowest BCUT2D eigenvalue weighted by Gasteiger charge is -2.45. The number of fused-ring (bicyclic) bond motifs is 6. The highest BCUT2D eigenvalue weighted by molar-refractivity contribution is 8.44. The number of aromatic amines is 1. The van der Waals surface area contributed by atoms with Crippen molar-refractivity contribution in [2.45, 2.75) is 37.0 Å². The molecule has 3 aliphatic rings. The maximum atomic E-state index is 13.3. The number of nitrogen functional groups attached to an aromatic ring is 1. The monoisotopic (exact) mass is 712 g/mol. The van der Waals surface area contributed by atoms with Crippen molar-refractivity contribution in [1.82, 2.24) is 43.4 Å². The SMILES string of the molecule is Nc1ncnc2c1ncn2[C@@H]1C[C@@H]2COP(O)(=S)O[C@@H]3[C@H](O)[C@@H](COP(=O)(S)OC[C@H]21)O[C@H]3n1cnc2c(=O)n3ccnc3[nH]c21. The summed E-state index contributed by atoms with van der Waals surface area (Å²) in [7, 11) is 0. The van der Waals surface area contributed by atoms with Gasteiger partial charge in [-0.05, 0) is 24.1 Å². The molecule has 9 atom stereocenters. The molecule has 244 valence electrons. The molecule has 8 rings (SSSR count). The summed E-state index contributed by atoms with van der Waals surface area (Å²) in [4.78, 5) is 48.2. The number of thiol groups is 1. The number of ether oxygens (including phenoxy) is 1. The van der Waals surface area contributed by atoms with Crippen LogP contribution in [0.2, 0.25) is 0 Å². The molecule has 1 saturated carbocycles. The molecule has 0 spiro atoms. The Balaban J connectivity index is 1.10. The molecule has 2 saturated heterocycles. The zero-order valence-electron chi connectivity index (χ0n) is 23.4. The van der Waals surface area contributed by atoms with Gasteiger partial charge in [0.15, 0.2) is 23.2 Å². The van der Waals surface area contributed by atoms with Crippen molar-refractivity contribution in [3.8, 4) is 0 Å². The molecule has 5 N–H and O–H groups in total. The zero-order chi connectivity index (χ0) is 32.0. The first-order valence-electron chi connectivity index (χ1n) is 14.0. The minimum Gasteiger partial charge on any atom is -0.387 e. The lowest BCUT2D eigenvalue weighted by atomic mass is 9.70. The average molecular weight is 713 g/mol. The number of aromatic nitrogens is 9. The van der Waals surface area contributed by atoms with Gasteiger partial charge in [-0.25, -0.2) is 33.9 Å². The lowest BCUT2D eigenvalue weighted by Crippen LogP contribution is -2.43. The Hall–Kier alpha value is -2.81. The van der Waals surface area contributed by atoms with E-state index in [1.165, 1.54) is 34.0 Å². The van der Waals surface area contributed by atoms with Crippen LogP contribution in [0.1, 0.15) is 18.7 Å². The van der Waals surface area contributed by atoms with Gasteiger partial charge in [-0.3, -0.25) is 18.4 Å². The second-order valence-electron chi connectivity index (χ2n) is 11.2. The molecule has 5 aromatic heterocycles. The minimum absolute atomic E-state index is 0.0449. The molecular formula is C23H26N10O9P2S2. The number of hydrogen-bond donors (Lipinski definition) is 5. The molecule has 23 heteroatoms. The van der Waals surface area contributed by atoms with E-state index in [0.29, 0.717) is 17.6 Å². The van der Waals surface area contributed by atoms with Crippen molar-refractivity contribution < 1.29 is 37.4 Å². The molecule has 46 heavy (non-hydrogen) atoms. The Labute approximate surface area is 268 Å². The maximum absolute atomic E-state index is 13.3. The average Bonchev–Trinajstić information content (AvgIpc) is 3.79. The van der Waals surface area contributed by atoms with Gasteiger partial charge in [0, 0.05) is 24.4 Å². The van der Waals surface area contributed by atoms with E-state index in [1.807, 2.05) is 4.57 Å². The Bertz CT molecular complexity index is 2140. The van der Waals surface area contributed by atoms with Gasteiger partial charge in [0.1, 0.15) is 35.8 Å². The molecule has 0 radical (unpaired) electrons. The molecule has 2 bridgehead atoms. The van der Waals surface area contributed by atoms with E-state index in [9.17, 15) is 19.4 Å². The van der Waals surface area contributed by atoms with Crippen molar-refractivity contribution in [2.75, 3.05) is 25.6 Å². The number of nitrogens with two attached hydrogens (primary N) is 1. The summed E-state index contributed by atoms with van der Waals surface area (Å²) >= 11 is 9.54. The van der Waals surface area contributed by atoms with Crippen molar-refractivity contribution in [3.63, 3.8) is 0 Å². The number of rotatable bonds is 2. The van der Waals surface area contributed by atoms with Crippen LogP contribution >= 0.6 is 25.8 Å². The maximum Gasteiger partial charge on any atom is 0.386 e. The first-order valence-corrected chi connectivity index (χ1v) is 19.2. The third kappa shape index (κ3) is 5.10. The van der Waals surface area contributed by atoms with Crippen LogP contribution in [0.3, 0.4) is 0 Å². The fourth-order valence-corrected chi connectivity index (χ4v) is 8.84. The molecule has 1 aliphatic carbocycles. The van der Waals surface area contributed by atoms with Crippen molar-refractivity contribution in [1.29, 1.82) is 0 Å². The molecule has 0 aromatic carbocycles. The van der Waals surface area contributed by atoms with E-state index >= 15 is 0 Å². The number of nitrogens with zero attached hydrogens (tertiary/aromatic N) is 8. The standard InChI is InChI=1S/C23H26N10O9P2S2/c24-18-14-19(27-7-26-18)32(8-28-14)12-3-10-4-38-44(37,46)42-17-16(34)13(6-40-43(36,45)39-5-11(10)12)41-22(17)33-9-29-15-20(33)30-23-25-1-2-31(23)21(15)35/h1-2,7-13,16-17,22,34H,3-6H2,(H,25,30)(H,36,45)(H,37,46)(H2,24,26,27)/t10-,11-,12-,13-,16-,17-,22-,43?,44?/m1/s1. The summed E-state index contributed by atoms with van der Waals surface area (Å²) in [6.45, 7) is -8.51. The number of imidazole rings is 3. The van der Waals surface area contributed by atoms with Crippen molar-refractivity contribution >= 4 is 71.5 Å². The fourth-order valence-electron chi connectivity index (χ4n) is 6.22. The molecule has 7 heterocycles. The van der Waals surface area contributed by atoms with Crippen LogP contribution < -0.4 is 11.3 Å². The topological polar surface area (TPSA) is 241 Å². The Morgan fingerprint density at radius 1 is 1.07 bits per heavy atom. The number of hydrogen-bond acceptors (Lipinski definition) is 15. The lowest BCUT2D eigenvalue weighted by molar-refractivity contribution is -0.0468. The highest BCUT2D eigenvalue weighted by Crippen LogP contribution is 2.58. The van der Waals surface area contributed by atoms with Crippen LogP contribution in [-0.4, -0.2) is 91.6 Å². The molecule has 19 nitrogen and oxygen atoms in total. The van der Waals surface area contributed by atoms with E-state index in [2.05, 4.69) is 42.2 Å². The number of anilines is 1. The molecule has 2 unspecified atom stereocenters. The van der Waals surface area contributed by atoms with Crippen LogP contribution in [0.15, 0.2) is 36.2 Å². The Morgan fingerprint density at radius 3 is 2.70 bits per heavy atom. The molecular weight excluding hydrogens is 686 g/mol. The largest absolute Gasteiger partial charge is 0.387 e. The fraction of sp³-hybridized carbons (Fsp3) is 0.478. The van der Waals surface area contributed by atoms with E-state index in [1.54, 1.807) is 6.33 Å². The summed E-state index contributed by atoms with van der Waals surface area (Å²) in [6, 6.07) is -0.212. The number of aliphatic hydroxyl groups excluding tert-OH is 1. The van der Waals surface area contributed by atoms with Crippen LogP contribution in [0.4, 0.5) is 5.82 Å². The summed E-state index contributed by atoms with van der Waals surface area (Å²) in [5, 5.41) is 11.3. The zero-order valence-corrected chi connectivity index (χ0v) is 26.9. The highest BCUT2D eigenvalue weighted by Gasteiger charge is 2.51. The van der Waals surface area contributed by atoms with Gasteiger partial charge < -0.3 is 39.1 Å². The molecule has 3 fully saturated rings. The summed E-state index contributed by atoms with van der Waals surface area (Å²) in [5.41, 5.74) is 6.76. The van der Waals surface area contributed by atoms with E-state index in [-0.39, 0.29) is 53.9 Å². The van der Waals surface area contributed by atoms with Gasteiger partial charge in [-0.2, -0.15) is 0 Å². The molecule has 2 aliphatic heterocycles. The van der Waals surface area contributed by atoms with Gasteiger partial charge in [0.05, 0.1) is 32.5 Å². The smallest absolute Gasteiger partial charge is 0.386 e. The second kappa shape index (κ2) is 11.1. The summed E-state index contributed by atoms with van der Waals surface area (Å²) in [6.07, 6.45) is 2.62. The first-order chi connectivity index (χ1) is 22.0. The number of H-pyrrole nitrogens is 1. The predicted molar refractivity (Wildman–Crippen MR) is 165 cm³/mol. The summed E-state index contributed by atoms with van der Waals surface area (Å²) < 4.78 is 46.9. The van der Waals surface area contributed by atoms with Crippen LogP contribution in [0.5, 0.6) is 0 Å². The van der Waals surface area contributed by atoms with Gasteiger partial charge >= 0.3 is 13.5 Å². The van der Waals surface area contributed by atoms with E-state index < -0.39 is 50.2 Å². The van der Waals surface area contributed by atoms with E-state index in [4.69, 9.17) is 40.4 Å². The molecule has 5 aromatic rings. The van der Waals surface area contributed by atoms with Gasteiger partial charge in [-0.1, -0.05) is 12.2 Å². The third-order valence-electron chi connectivity index (χ3n) is 8.60. The van der Waals surface area contributed by atoms with Gasteiger partial charge in [0.2, 0.25) is 5.78 Å². The normalized spacial score (nSPS) is 35.7. The number of nitrogens with one attached hydrogen (secondary N) is 1. The van der Waals surface area contributed by atoms with Crippen LogP contribution in [0, 0.1) is 11.8 Å². The number of aliphatic hydroxyl groups is 1. The highest BCUT2D eigenvalue weighted by atomic mass is 32.7. The van der Waals surface area contributed by atoms with Crippen LogP contribution in [0.25, 0.3) is 28.1 Å². The Morgan fingerprint density at radius 2 is 1.85 bits per heavy atom. The quantitative estimate of drug-likeness (QED) is 0.126. The van der Waals surface area contributed by atoms with Crippen molar-refractivity contribution in [2.24, 2.45) is 11.8 Å². The van der Waals surface area contributed by atoms with Gasteiger partial charge in [0.25, 0.3) is 5.56 Å². The van der Waals surface area contributed by atoms with Crippen LogP contribution in [-0.2, 0) is 39.2 Å². The van der Waals surface area contributed by atoms with E-state index in [0.717, 1.165) is 0 Å². The second-order valence-corrected chi connectivity index (χ2v) is 16.9. The Kier molecular flexibility index (Phi) is 7.39. The summed E-state index contributed by atoms with van der Waals surface area (Å²) in [5.74, 6) is -0.0662. The first kappa shape index (κ1) is 30.5.